The van der Waals surface area contributed by atoms with E-state index in [2.05, 4.69) is 20.9 Å². The second-order valence-corrected chi connectivity index (χ2v) is 8.43. The largest absolute Gasteiger partial charge is 0.493 e. The number of anilines is 1. The van der Waals surface area contributed by atoms with Crippen LogP contribution in [0.25, 0.3) is 0 Å². The zero-order valence-electron chi connectivity index (χ0n) is 18.8. The van der Waals surface area contributed by atoms with Gasteiger partial charge in [0.15, 0.2) is 17.7 Å². The lowest BCUT2D eigenvalue weighted by Crippen LogP contribution is -2.45. The molecule has 1 atom stereocenters. The maximum absolute atomic E-state index is 12.8. The van der Waals surface area contributed by atoms with E-state index in [0.29, 0.717) is 22.2 Å². The van der Waals surface area contributed by atoms with Gasteiger partial charge in [-0.05, 0) is 29.8 Å². The van der Waals surface area contributed by atoms with E-state index in [1.807, 2.05) is 33.0 Å². The maximum atomic E-state index is 12.8. The van der Waals surface area contributed by atoms with Gasteiger partial charge in [-0.15, -0.1) is 0 Å². The predicted octanol–water partition coefficient (Wildman–Crippen LogP) is 3.93. The number of halogens is 1. The molecule has 2 rings (SSSR count). The zero-order chi connectivity index (χ0) is 23.7. The van der Waals surface area contributed by atoms with Gasteiger partial charge in [0.1, 0.15) is 6.17 Å². The van der Waals surface area contributed by atoms with Crippen molar-refractivity contribution in [3.63, 3.8) is 0 Å². The molecule has 0 aromatic heterocycles. The third-order valence-electron chi connectivity index (χ3n) is 4.49. The number of rotatable bonds is 7. The molecule has 0 fully saturated rings. The highest BCUT2D eigenvalue weighted by Crippen LogP contribution is 2.28. The van der Waals surface area contributed by atoms with E-state index in [9.17, 15) is 4.79 Å². The van der Waals surface area contributed by atoms with Crippen LogP contribution in [0.3, 0.4) is 0 Å². The fraction of sp³-hybridized carbons (Fsp3) is 0.348. The van der Waals surface area contributed by atoms with Crippen molar-refractivity contribution in [2.45, 2.75) is 33.4 Å². The highest BCUT2D eigenvalue weighted by Gasteiger charge is 2.27. The van der Waals surface area contributed by atoms with Crippen LogP contribution < -0.4 is 25.4 Å². The SMILES string of the molecule is COc1ccc(CC(=O)NC(/N=C(\NC#N)Nc2ccccc2Cl)C(C)(C)C)cc1OC. The molecular formula is C23H28ClN5O3. The first kappa shape index (κ1) is 24.8. The molecule has 0 heterocycles. The lowest BCUT2D eigenvalue weighted by Gasteiger charge is -2.29. The summed E-state index contributed by atoms with van der Waals surface area (Å²) < 4.78 is 10.5. The second-order valence-electron chi connectivity index (χ2n) is 8.02. The maximum Gasteiger partial charge on any atom is 0.226 e. The van der Waals surface area contributed by atoms with E-state index >= 15 is 0 Å². The fourth-order valence-electron chi connectivity index (χ4n) is 2.79. The van der Waals surface area contributed by atoms with Crippen molar-refractivity contribution in [1.82, 2.24) is 10.6 Å². The average Bonchev–Trinajstić information content (AvgIpc) is 2.74. The highest BCUT2D eigenvalue weighted by atomic mass is 35.5. The number of carbonyl (C=O) groups excluding carboxylic acids is 1. The Bertz CT molecular complexity index is 1010. The Morgan fingerprint density at radius 3 is 2.44 bits per heavy atom. The van der Waals surface area contributed by atoms with Crippen molar-refractivity contribution in [3.05, 3.63) is 53.1 Å². The summed E-state index contributed by atoms with van der Waals surface area (Å²) >= 11 is 6.20. The molecule has 1 unspecified atom stereocenters. The Labute approximate surface area is 193 Å². The number of para-hydroxylation sites is 1. The number of carbonyl (C=O) groups is 1. The number of hydrogen-bond acceptors (Lipinski definition) is 5. The van der Waals surface area contributed by atoms with Crippen LogP contribution in [0, 0.1) is 16.9 Å². The van der Waals surface area contributed by atoms with Crippen LogP contribution in [0.2, 0.25) is 5.02 Å². The first-order valence-electron chi connectivity index (χ1n) is 9.92. The number of nitriles is 1. The van der Waals surface area contributed by atoms with E-state index in [4.69, 9.17) is 26.3 Å². The molecule has 0 bridgehead atoms. The summed E-state index contributed by atoms with van der Waals surface area (Å²) in [6, 6.07) is 12.4. The number of hydrogen-bond donors (Lipinski definition) is 3. The topological polar surface area (TPSA) is 108 Å². The molecule has 0 aliphatic rings. The highest BCUT2D eigenvalue weighted by molar-refractivity contribution is 6.33. The van der Waals surface area contributed by atoms with Gasteiger partial charge in [0.25, 0.3) is 0 Å². The van der Waals surface area contributed by atoms with Crippen LogP contribution >= 0.6 is 11.6 Å². The van der Waals surface area contributed by atoms with Crippen molar-refractivity contribution in [3.8, 4) is 17.7 Å². The fourth-order valence-corrected chi connectivity index (χ4v) is 2.97. The number of benzene rings is 2. The molecule has 8 nitrogen and oxygen atoms in total. The van der Waals surface area contributed by atoms with Crippen LogP contribution in [0.4, 0.5) is 5.69 Å². The number of guanidine groups is 1. The van der Waals surface area contributed by atoms with Gasteiger partial charge in [-0.1, -0.05) is 50.6 Å². The van der Waals surface area contributed by atoms with Crippen molar-refractivity contribution in [2.24, 2.45) is 10.4 Å². The predicted molar refractivity (Wildman–Crippen MR) is 126 cm³/mol. The monoisotopic (exact) mass is 457 g/mol. The summed E-state index contributed by atoms with van der Waals surface area (Å²) in [6.07, 6.45) is 1.36. The summed E-state index contributed by atoms with van der Waals surface area (Å²) in [4.78, 5) is 17.3. The quantitative estimate of drug-likeness (QED) is 0.251. The molecule has 3 N–H and O–H groups in total. The summed E-state index contributed by atoms with van der Waals surface area (Å²) in [5.74, 6) is 1.08. The summed E-state index contributed by atoms with van der Waals surface area (Å²) in [6.45, 7) is 5.83. The molecule has 0 saturated heterocycles. The van der Waals surface area contributed by atoms with Crippen LogP contribution in [0.5, 0.6) is 11.5 Å². The van der Waals surface area contributed by atoms with E-state index < -0.39 is 11.6 Å². The molecule has 2 aromatic carbocycles. The van der Waals surface area contributed by atoms with Crippen LogP contribution in [-0.2, 0) is 11.2 Å². The molecule has 32 heavy (non-hydrogen) atoms. The Morgan fingerprint density at radius 1 is 1.16 bits per heavy atom. The first-order valence-corrected chi connectivity index (χ1v) is 10.3. The van der Waals surface area contributed by atoms with Gasteiger partial charge in [-0.3, -0.25) is 10.1 Å². The molecule has 170 valence electrons. The Kier molecular flexibility index (Phi) is 8.73. The van der Waals surface area contributed by atoms with Crippen molar-refractivity contribution >= 4 is 29.2 Å². The number of amides is 1. The molecule has 2 aromatic rings. The molecule has 0 aliphatic carbocycles. The number of nitrogens with one attached hydrogen (secondary N) is 3. The minimum absolute atomic E-state index is 0.126. The van der Waals surface area contributed by atoms with Gasteiger partial charge in [0.2, 0.25) is 11.9 Å². The van der Waals surface area contributed by atoms with E-state index in [-0.39, 0.29) is 18.3 Å². The number of aliphatic imine (C=N–C) groups is 1. The second kappa shape index (κ2) is 11.3. The first-order chi connectivity index (χ1) is 15.2. The minimum Gasteiger partial charge on any atom is -0.493 e. The van der Waals surface area contributed by atoms with Gasteiger partial charge in [0, 0.05) is 5.41 Å². The third-order valence-corrected chi connectivity index (χ3v) is 4.82. The molecule has 1 amide bonds. The van der Waals surface area contributed by atoms with E-state index in [1.54, 1.807) is 50.6 Å². The average molecular weight is 458 g/mol. The van der Waals surface area contributed by atoms with Gasteiger partial charge in [-0.25, -0.2) is 4.99 Å². The van der Waals surface area contributed by atoms with E-state index in [0.717, 1.165) is 5.56 Å². The van der Waals surface area contributed by atoms with Crippen molar-refractivity contribution in [2.75, 3.05) is 19.5 Å². The molecule has 0 spiro atoms. The van der Waals surface area contributed by atoms with Gasteiger partial charge >= 0.3 is 0 Å². The molecule has 0 radical (unpaired) electrons. The standard InChI is InChI=1S/C23H28ClN5O3/c1-23(2,3)21(29-22(26-14-25)27-17-9-7-6-8-16(17)24)28-20(30)13-15-10-11-18(31-4)19(12-15)32-5/h6-12,21H,13H2,1-5H3,(H,28,30)(H2,26,27,29). The van der Waals surface area contributed by atoms with E-state index in [1.165, 1.54) is 0 Å². The lowest BCUT2D eigenvalue weighted by atomic mass is 9.92. The van der Waals surface area contributed by atoms with Crippen molar-refractivity contribution in [1.29, 1.82) is 5.26 Å². The summed E-state index contributed by atoms with van der Waals surface area (Å²) in [5.41, 5.74) is 0.916. The summed E-state index contributed by atoms with van der Waals surface area (Å²) in [7, 11) is 3.10. The van der Waals surface area contributed by atoms with Crippen LogP contribution in [0.15, 0.2) is 47.5 Å². The number of ether oxygens (including phenoxy) is 2. The smallest absolute Gasteiger partial charge is 0.226 e. The van der Waals surface area contributed by atoms with Gasteiger partial charge in [0.05, 0.1) is 31.4 Å². The molecular weight excluding hydrogens is 430 g/mol. The zero-order valence-corrected chi connectivity index (χ0v) is 19.6. The van der Waals surface area contributed by atoms with Crippen LogP contribution in [-0.4, -0.2) is 32.3 Å². The van der Waals surface area contributed by atoms with Crippen LogP contribution in [0.1, 0.15) is 26.3 Å². The molecule has 0 aliphatic heterocycles. The molecule has 0 saturated carbocycles. The normalized spacial score (nSPS) is 12.3. The minimum atomic E-state index is -0.624. The Hall–Kier alpha value is -3.44. The lowest BCUT2D eigenvalue weighted by molar-refractivity contribution is -0.121. The Morgan fingerprint density at radius 2 is 1.84 bits per heavy atom. The molecule has 9 heteroatoms. The van der Waals surface area contributed by atoms with Gasteiger partial charge < -0.3 is 20.1 Å². The summed E-state index contributed by atoms with van der Waals surface area (Å²) in [5, 5.41) is 18.1. The third kappa shape index (κ3) is 7.06. The van der Waals surface area contributed by atoms with Gasteiger partial charge in [-0.2, -0.15) is 5.26 Å². The number of nitrogens with zero attached hydrogens (tertiary/aromatic N) is 2. The Balaban J connectivity index is 2.22. The van der Waals surface area contributed by atoms with Crippen molar-refractivity contribution < 1.29 is 14.3 Å². The number of methoxy groups -OCH3 is 2.